The molecular weight excluding hydrogens is 343 g/mol. The number of hydrogen-bond donors (Lipinski definition) is 4. The summed E-state index contributed by atoms with van der Waals surface area (Å²) in [5, 5.41) is 0.558. The standard InChI is InChI=1S/C2H6N4S2Te.2ClH/c3-1(7)5-9-6-2(4)8;;/h(H3,3,5,7)(H3,4,6,8);2*1H/q+1;;. The number of hydrogen-bond acceptors (Lipinski definition) is 2. The fourth-order valence-electron chi connectivity index (χ4n) is 0.126. The molecule has 0 aromatic carbocycles. The molecule has 0 unspecified atom stereocenters. The Balaban J connectivity index is -0.000000320. The molecule has 0 aromatic heterocycles. The van der Waals surface area contributed by atoms with Gasteiger partial charge in [0, 0.05) is 0 Å². The van der Waals surface area contributed by atoms with E-state index in [-0.39, 0.29) is 35.0 Å². The molecule has 4 nitrogen and oxygen atoms in total. The average Bonchev–Trinajstić information content (AvgIpc) is 1.63. The molecule has 0 amide bonds. The molecule has 1 radical (unpaired) electrons. The molecule has 0 aliphatic rings. The second kappa shape index (κ2) is 10.7. The summed E-state index contributed by atoms with van der Waals surface area (Å²) in [6.45, 7) is 0. The van der Waals surface area contributed by atoms with E-state index < -0.39 is 21.5 Å². The van der Waals surface area contributed by atoms with Crippen molar-refractivity contribution in [1.29, 1.82) is 0 Å². The summed E-state index contributed by atoms with van der Waals surface area (Å²) in [4.78, 5) is 0. The number of thiocarbonyl (C=S) groups is 2. The van der Waals surface area contributed by atoms with Gasteiger partial charge in [-0.15, -0.1) is 24.8 Å². The molecule has 0 heterocycles. The number of nitrogens with one attached hydrogen (secondary N) is 2. The van der Waals surface area contributed by atoms with E-state index in [0.29, 0.717) is 0 Å². The van der Waals surface area contributed by atoms with Gasteiger partial charge in [-0.1, -0.05) is 0 Å². The van der Waals surface area contributed by atoms with Gasteiger partial charge in [0.2, 0.25) is 0 Å². The van der Waals surface area contributed by atoms with E-state index in [2.05, 4.69) is 31.6 Å². The van der Waals surface area contributed by atoms with Gasteiger partial charge < -0.3 is 0 Å². The Morgan fingerprint density at radius 1 is 1.00 bits per heavy atom. The third-order valence-electron chi connectivity index (χ3n) is 0.303. The van der Waals surface area contributed by atoms with Crippen LogP contribution in [-0.4, -0.2) is 31.7 Å². The van der Waals surface area contributed by atoms with Crippen molar-refractivity contribution in [1.82, 2.24) is 7.13 Å². The van der Waals surface area contributed by atoms with Crippen molar-refractivity contribution < 1.29 is 0 Å². The van der Waals surface area contributed by atoms with E-state index in [4.69, 9.17) is 11.5 Å². The van der Waals surface area contributed by atoms with Crippen molar-refractivity contribution >= 4 is 80.9 Å². The fourth-order valence-corrected chi connectivity index (χ4v) is 1.40. The van der Waals surface area contributed by atoms with E-state index in [9.17, 15) is 0 Å². The topological polar surface area (TPSA) is 76.1 Å². The van der Waals surface area contributed by atoms with Gasteiger partial charge in [-0.05, 0) is 0 Å². The second-order valence-corrected chi connectivity index (χ2v) is 3.66. The fraction of sp³-hybridized carbons (Fsp3) is 0. The molecule has 0 aliphatic heterocycles. The Morgan fingerprint density at radius 2 is 1.27 bits per heavy atom. The normalized spacial score (nSPS) is 6.55. The Morgan fingerprint density at radius 3 is 1.45 bits per heavy atom. The van der Waals surface area contributed by atoms with Crippen molar-refractivity contribution in [2.24, 2.45) is 11.5 Å². The first-order chi connectivity index (χ1) is 4.13. The number of halogens is 2. The first-order valence-corrected chi connectivity index (χ1v) is 5.04. The van der Waals surface area contributed by atoms with Crippen molar-refractivity contribution in [2.45, 2.75) is 0 Å². The maximum atomic E-state index is 5.11. The summed E-state index contributed by atoms with van der Waals surface area (Å²) in [6, 6.07) is 0. The molecule has 0 fully saturated rings. The summed E-state index contributed by atoms with van der Waals surface area (Å²) < 4.78 is 5.47. The molecule has 0 atom stereocenters. The van der Waals surface area contributed by atoms with Crippen LogP contribution in [0.1, 0.15) is 0 Å². The third kappa shape index (κ3) is 18.1. The van der Waals surface area contributed by atoms with Crippen LogP contribution in [0.5, 0.6) is 0 Å². The van der Waals surface area contributed by atoms with Gasteiger partial charge in [-0.3, -0.25) is 0 Å². The molecule has 67 valence electrons. The van der Waals surface area contributed by atoms with Crippen LogP contribution >= 0.6 is 49.2 Å². The molecular formula is C2H8Cl2N4S2Te+. The van der Waals surface area contributed by atoms with E-state index in [1.54, 1.807) is 0 Å². The van der Waals surface area contributed by atoms with Gasteiger partial charge in [0.15, 0.2) is 0 Å². The summed E-state index contributed by atoms with van der Waals surface area (Å²) in [6.07, 6.45) is 0. The second-order valence-electron chi connectivity index (χ2n) is 1.03. The van der Waals surface area contributed by atoms with Crippen LogP contribution in [0.3, 0.4) is 0 Å². The number of rotatable bonds is 2. The van der Waals surface area contributed by atoms with Gasteiger partial charge in [0.05, 0.1) is 0 Å². The third-order valence-corrected chi connectivity index (χ3v) is 3.15. The molecule has 0 bridgehead atoms. The molecule has 0 saturated heterocycles. The van der Waals surface area contributed by atoms with Crippen LogP contribution in [0.15, 0.2) is 0 Å². The zero-order valence-corrected chi connectivity index (χ0v) is 10.8. The molecule has 0 aromatic rings. The zero-order chi connectivity index (χ0) is 7.28. The van der Waals surface area contributed by atoms with E-state index >= 15 is 0 Å². The van der Waals surface area contributed by atoms with Crippen molar-refractivity contribution in [3.05, 3.63) is 0 Å². The predicted molar refractivity (Wildman–Crippen MR) is 60.1 cm³/mol. The van der Waals surface area contributed by atoms with E-state index in [1.807, 2.05) is 0 Å². The minimum atomic E-state index is -0.646. The summed E-state index contributed by atoms with van der Waals surface area (Å²) in [5.41, 5.74) is 10.2. The Bertz CT molecular complexity index is 119. The average molecular weight is 351 g/mol. The van der Waals surface area contributed by atoms with E-state index in [0.717, 1.165) is 0 Å². The van der Waals surface area contributed by atoms with Gasteiger partial charge >= 0.3 is 74.7 Å². The zero-order valence-electron chi connectivity index (χ0n) is 5.20. The Hall–Kier alpha value is 0.750. The summed E-state index contributed by atoms with van der Waals surface area (Å²) in [5.74, 6) is 0. The monoisotopic (exact) mass is 352 g/mol. The molecule has 6 N–H and O–H groups in total. The van der Waals surface area contributed by atoms with Gasteiger partial charge in [0.1, 0.15) is 0 Å². The maximum absolute atomic E-state index is 5.11. The quantitative estimate of drug-likeness (QED) is 0.379. The number of nitrogens with two attached hydrogens (primary N) is 2. The SMILES string of the molecule is Cl.Cl.NC(=S)N[Te+]NC(N)=S. The first kappa shape index (κ1) is 17.7. The van der Waals surface area contributed by atoms with Crippen molar-refractivity contribution in [2.75, 3.05) is 0 Å². The Labute approximate surface area is 98.8 Å². The summed E-state index contributed by atoms with van der Waals surface area (Å²) >= 11 is 8.40. The van der Waals surface area contributed by atoms with Crippen LogP contribution in [0, 0.1) is 0 Å². The van der Waals surface area contributed by atoms with Gasteiger partial charge in [-0.2, -0.15) is 0 Å². The molecule has 0 aliphatic carbocycles. The molecule has 9 heteroatoms. The van der Waals surface area contributed by atoms with Crippen LogP contribution in [0.2, 0.25) is 0 Å². The van der Waals surface area contributed by atoms with Gasteiger partial charge in [0.25, 0.3) is 0 Å². The Kier molecular flexibility index (Phi) is 17.3. The minimum absolute atomic E-state index is 0. The predicted octanol–water partition coefficient (Wildman–Crippen LogP) is -0.969. The molecule has 0 saturated carbocycles. The molecule has 0 rings (SSSR count). The molecule has 11 heavy (non-hydrogen) atoms. The van der Waals surface area contributed by atoms with E-state index in [1.165, 1.54) is 0 Å². The van der Waals surface area contributed by atoms with Crippen LogP contribution in [0.4, 0.5) is 0 Å². The summed E-state index contributed by atoms with van der Waals surface area (Å²) in [7, 11) is 0. The molecule has 0 spiro atoms. The van der Waals surface area contributed by atoms with Crippen LogP contribution in [-0.2, 0) is 0 Å². The van der Waals surface area contributed by atoms with Crippen LogP contribution in [0.25, 0.3) is 0 Å². The van der Waals surface area contributed by atoms with Gasteiger partial charge in [-0.25, -0.2) is 0 Å². The van der Waals surface area contributed by atoms with Crippen molar-refractivity contribution in [3.8, 4) is 0 Å². The van der Waals surface area contributed by atoms with Crippen LogP contribution < -0.4 is 18.6 Å². The van der Waals surface area contributed by atoms with Crippen molar-refractivity contribution in [3.63, 3.8) is 0 Å². The first-order valence-electron chi connectivity index (χ1n) is 1.89.